The zero-order valence-corrected chi connectivity index (χ0v) is 8.83. The molecule has 96 valence electrons. The van der Waals surface area contributed by atoms with E-state index in [2.05, 4.69) is 10.5 Å². The molecule has 0 aliphatic carbocycles. The Balaban J connectivity index is 4.46. The summed E-state index contributed by atoms with van der Waals surface area (Å²) in [5, 5.41) is 21.9. The van der Waals surface area contributed by atoms with Gasteiger partial charge in [-0.15, -0.1) is 0 Å². The number of aliphatic hydroxyl groups excluding tert-OH is 1. The number of rotatable bonds is 6. The molecule has 0 rings (SSSR count). The largest absolute Gasteiger partial charge is 0.409 e. The number of nitrogens with zero attached hydrogens (tertiary/aromatic N) is 1. The maximum absolute atomic E-state index is 12.4. The Morgan fingerprint density at radius 2 is 2.06 bits per heavy atom. The molecule has 0 fully saturated rings. The van der Waals surface area contributed by atoms with Gasteiger partial charge in [0.25, 0.3) is 0 Å². The summed E-state index contributed by atoms with van der Waals surface area (Å²) in [6.07, 6.45) is -4.10. The Labute approximate surface area is 91.1 Å². The Morgan fingerprint density at radius 3 is 2.38 bits per heavy atom. The van der Waals surface area contributed by atoms with Crippen molar-refractivity contribution in [3.63, 3.8) is 0 Å². The maximum Gasteiger partial charge on any atom is 0.400 e. The molecule has 0 bridgehead atoms. The third-order valence-electron chi connectivity index (χ3n) is 2.19. The molecule has 16 heavy (non-hydrogen) atoms. The topological polar surface area (TPSA) is 90.9 Å². The van der Waals surface area contributed by atoms with Gasteiger partial charge in [-0.3, -0.25) is 0 Å². The van der Waals surface area contributed by atoms with Gasteiger partial charge in [-0.05, 0) is 6.42 Å². The van der Waals surface area contributed by atoms with Crippen molar-refractivity contribution in [1.82, 2.24) is 5.32 Å². The molecule has 0 aromatic rings. The second kappa shape index (κ2) is 6.54. The van der Waals surface area contributed by atoms with E-state index in [1.54, 1.807) is 6.92 Å². The molecule has 2 atom stereocenters. The molecule has 0 saturated carbocycles. The van der Waals surface area contributed by atoms with Crippen LogP contribution >= 0.6 is 0 Å². The molecule has 0 radical (unpaired) electrons. The summed E-state index contributed by atoms with van der Waals surface area (Å²) in [4.78, 5) is 0. The van der Waals surface area contributed by atoms with Gasteiger partial charge in [0, 0.05) is 12.6 Å². The van der Waals surface area contributed by atoms with Crippen molar-refractivity contribution < 1.29 is 23.5 Å². The van der Waals surface area contributed by atoms with Crippen LogP contribution in [0.4, 0.5) is 13.2 Å². The fourth-order valence-electron chi connectivity index (χ4n) is 1.08. The number of hydrogen-bond acceptors (Lipinski definition) is 4. The van der Waals surface area contributed by atoms with Crippen molar-refractivity contribution in [3.8, 4) is 0 Å². The summed E-state index contributed by atoms with van der Waals surface area (Å²) in [7, 11) is 0. The van der Waals surface area contributed by atoms with Crippen LogP contribution in [0.1, 0.15) is 13.3 Å². The Kier molecular flexibility index (Phi) is 6.12. The highest BCUT2D eigenvalue weighted by molar-refractivity contribution is 5.83. The number of amidine groups is 1. The zero-order valence-electron chi connectivity index (χ0n) is 8.83. The third-order valence-corrected chi connectivity index (χ3v) is 2.19. The average Bonchev–Trinajstić information content (AvgIpc) is 2.22. The average molecular weight is 243 g/mol. The van der Waals surface area contributed by atoms with Crippen LogP contribution in [0.5, 0.6) is 0 Å². The second-order valence-corrected chi connectivity index (χ2v) is 3.32. The molecule has 8 heteroatoms. The van der Waals surface area contributed by atoms with Gasteiger partial charge in [0.05, 0.1) is 6.61 Å². The van der Waals surface area contributed by atoms with E-state index in [4.69, 9.17) is 16.0 Å². The van der Waals surface area contributed by atoms with Crippen LogP contribution in [-0.2, 0) is 0 Å². The van der Waals surface area contributed by atoms with Gasteiger partial charge in [0.2, 0.25) is 0 Å². The smallest absolute Gasteiger partial charge is 0.400 e. The normalized spacial score (nSPS) is 17.2. The molecule has 0 saturated heterocycles. The van der Waals surface area contributed by atoms with Crippen molar-refractivity contribution in [3.05, 3.63) is 0 Å². The molecule has 2 unspecified atom stereocenters. The standard InChI is InChI=1S/C8H16F3N3O2/c1-2-5(4-15)13-3-6(7(12)14-16)8(9,10)11/h5-6,13,15-16H,2-4H2,1H3,(H2,12,14). The number of nitrogens with two attached hydrogens (primary N) is 1. The van der Waals surface area contributed by atoms with Crippen molar-refractivity contribution in [2.24, 2.45) is 16.8 Å². The van der Waals surface area contributed by atoms with Crippen LogP contribution in [0.15, 0.2) is 5.16 Å². The molecule has 5 nitrogen and oxygen atoms in total. The van der Waals surface area contributed by atoms with E-state index in [0.29, 0.717) is 6.42 Å². The molecule has 0 heterocycles. The first-order chi connectivity index (χ1) is 7.36. The molecule has 0 aliphatic rings. The number of nitrogens with one attached hydrogen (secondary N) is 1. The summed E-state index contributed by atoms with van der Waals surface area (Å²) < 4.78 is 37.3. The van der Waals surface area contributed by atoms with Gasteiger partial charge in [-0.2, -0.15) is 13.2 Å². The van der Waals surface area contributed by atoms with E-state index in [9.17, 15) is 13.2 Å². The monoisotopic (exact) mass is 243 g/mol. The summed E-state index contributed by atoms with van der Waals surface area (Å²) >= 11 is 0. The summed E-state index contributed by atoms with van der Waals surface area (Å²) in [6.45, 7) is 0.926. The fourth-order valence-corrected chi connectivity index (χ4v) is 1.08. The van der Waals surface area contributed by atoms with Gasteiger partial charge in [0.15, 0.2) is 5.84 Å². The molecular formula is C8H16F3N3O2. The number of halogens is 3. The van der Waals surface area contributed by atoms with Crippen molar-refractivity contribution in [1.29, 1.82) is 0 Å². The van der Waals surface area contributed by atoms with Crippen LogP contribution in [0, 0.1) is 5.92 Å². The quantitative estimate of drug-likeness (QED) is 0.233. The van der Waals surface area contributed by atoms with E-state index in [-0.39, 0.29) is 6.61 Å². The minimum Gasteiger partial charge on any atom is -0.409 e. The molecule has 5 N–H and O–H groups in total. The van der Waals surface area contributed by atoms with Crippen LogP contribution in [-0.4, -0.2) is 41.5 Å². The van der Waals surface area contributed by atoms with Crippen LogP contribution in [0.3, 0.4) is 0 Å². The third kappa shape index (κ3) is 4.67. The summed E-state index contributed by atoms with van der Waals surface area (Å²) in [5.41, 5.74) is 4.95. The van der Waals surface area contributed by atoms with E-state index in [1.165, 1.54) is 0 Å². The van der Waals surface area contributed by atoms with Gasteiger partial charge in [0.1, 0.15) is 5.92 Å². The van der Waals surface area contributed by atoms with E-state index < -0.39 is 30.5 Å². The maximum atomic E-state index is 12.4. The minimum absolute atomic E-state index is 0.267. The van der Waals surface area contributed by atoms with E-state index >= 15 is 0 Å². The van der Waals surface area contributed by atoms with Gasteiger partial charge in [-0.1, -0.05) is 12.1 Å². The number of hydrogen-bond donors (Lipinski definition) is 4. The second-order valence-electron chi connectivity index (χ2n) is 3.32. The Bertz CT molecular complexity index is 229. The highest BCUT2D eigenvalue weighted by Crippen LogP contribution is 2.25. The van der Waals surface area contributed by atoms with E-state index in [1.807, 2.05) is 0 Å². The van der Waals surface area contributed by atoms with Gasteiger partial charge < -0.3 is 21.4 Å². The molecule has 0 aromatic carbocycles. The number of oxime groups is 1. The highest BCUT2D eigenvalue weighted by Gasteiger charge is 2.42. The first-order valence-corrected chi connectivity index (χ1v) is 4.75. The first-order valence-electron chi connectivity index (χ1n) is 4.75. The van der Waals surface area contributed by atoms with Crippen LogP contribution in [0.25, 0.3) is 0 Å². The number of alkyl halides is 3. The fraction of sp³-hybridized carbons (Fsp3) is 0.875. The van der Waals surface area contributed by atoms with Gasteiger partial charge >= 0.3 is 6.18 Å². The first kappa shape index (κ1) is 15.0. The number of aliphatic hydroxyl groups is 1. The Hall–Kier alpha value is -1.02. The van der Waals surface area contributed by atoms with E-state index in [0.717, 1.165) is 0 Å². The summed E-state index contributed by atoms with van der Waals surface area (Å²) in [5.74, 6) is -2.95. The van der Waals surface area contributed by atoms with Crippen LogP contribution < -0.4 is 11.1 Å². The molecule has 0 spiro atoms. The molecule has 0 amide bonds. The van der Waals surface area contributed by atoms with Crippen molar-refractivity contribution >= 4 is 5.84 Å². The predicted molar refractivity (Wildman–Crippen MR) is 52.1 cm³/mol. The highest BCUT2D eigenvalue weighted by atomic mass is 19.4. The molecular weight excluding hydrogens is 227 g/mol. The lowest BCUT2D eigenvalue weighted by Crippen LogP contribution is -2.46. The molecule has 0 aliphatic heterocycles. The zero-order chi connectivity index (χ0) is 12.8. The SMILES string of the molecule is CCC(CO)NCC(C(N)=NO)C(F)(F)F. The van der Waals surface area contributed by atoms with Crippen LogP contribution in [0.2, 0.25) is 0 Å². The lowest BCUT2D eigenvalue weighted by Gasteiger charge is -2.22. The predicted octanol–water partition coefficient (Wildman–Crippen LogP) is 0.272. The lowest BCUT2D eigenvalue weighted by atomic mass is 10.1. The van der Waals surface area contributed by atoms with Crippen molar-refractivity contribution in [2.45, 2.75) is 25.6 Å². The summed E-state index contributed by atoms with van der Waals surface area (Å²) in [6, 6.07) is -0.434. The van der Waals surface area contributed by atoms with Gasteiger partial charge in [-0.25, -0.2) is 0 Å². The van der Waals surface area contributed by atoms with Crippen molar-refractivity contribution in [2.75, 3.05) is 13.2 Å². The Morgan fingerprint density at radius 1 is 1.50 bits per heavy atom. The minimum atomic E-state index is -4.59. The molecule has 0 aromatic heterocycles. The lowest BCUT2D eigenvalue weighted by molar-refractivity contribution is -0.155.